The quantitative estimate of drug-likeness (QED) is 0.0758. The van der Waals surface area contributed by atoms with Crippen molar-refractivity contribution in [2.45, 2.75) is 104 Å². The lowest BCUT2D eigenvalue weighted by molar-refractivity contribution is -0.144. The number of nitrogen functional groups attached to an aromatic ring is 1. The summed E-state index contributed by atoms with van der Waals surface area (Å²) in [5.41, 5.74) is 12.1. The zero-order chi connectivity index (χ0) is 46.6. The zero-order valence-electron chi connectivity index (χ0n) is 37.2. The number of nitrogens with zero attached hydrogens (tertiary/aromatic N) is 6. The Balaban J connectivity index is 0.871. The maximum atomic E-state index is 14.2. The van der Waals surface area contributed by atoms with E-state index < -0.39 is 35.5 Å². The molecular weight excluding hydrogens is 893 g/mol. The third kappa shape index (κ3) is 11.5. The summed E-state index contributed by atoms with van der Waals surface area (Å²) < 4.78 is 22.2. The third-order valence-corrected chi connectivity index (χ3v) is 13.8. The van der Waals surface area contributed by atoms with Crippen LogP contribution in [0.4, 0.5) is 10.2 Å². The molecule has 2 aliphatic heterocycles. The lowest BCUT2D eigenvalue weighted by Crippen LogP contribution is -2.57. The number of ether oxygens (including phenoxy) is 1. The van der Waals surface area contributed by atoms with E-state index in [1.165, 1.54) is 17.0 Å². The van der Waals surface area contributed by atoms with Gasteiger partial charge < -0.3 is 36.0 Å². The molecule has 2 fully saturated rings. The highest BCUT2D eigenvalue weighted by Gasteiger charge is 2.44. The van der Waals surface area contributed by atoms with Gasteiger partial charge in [0.15, 0.2) is 11.6 Å². The summed E-state index contributed by atoms with van der Waals surface area (Å²) in [5.74, 6) is -1.10. The molecule has 7 rings (SSSR count). The molecular formula is C47H56Cl2FN9O5S. The van der Waals surface area contributed by atoms with Crippen molar-refractivity contribution in [3.8, 4) is 27.3 Å². The van der Waals surface area contributed by atoms with E-state index >= 15 is 0 Å². The standard InChI is InChI=1S/C47H56Cl2FN9O5S/c1-27-42(65-26-54-27)30-10-8-29(9-11-30)21-53-45(62)37-20-34(60)25-58(37)46(63)43(47(3,4)5)56-39(61)7-6-16-57-17-14-33(15-18-57)59-24-32(23-55-59)31-19-38(44(51)52-22-31)64-28(2)40-35(48)12-13-36(50)41(40)49/h8-13,19,22-24,26,28,33-34,37,43,60H,6-7,14-18,20-21,25H2,1-5H3,(H2,51,52)(H,53,62)(H,56,61)/t28-,34-,37+,43-/m1/s1. The molecule has 4 atom stereocenters. The van der Waals surface area contributed by atoms with E-state index in [9.17, 15) is 23.9 Å². The predicted molar refractivity (Wildman–Crippen MR) is 251 cm³/mol. The summed E-state index contributed by atoms with van der Waals surface area (Å²) in [5, 5.41) is 21.4. The minimum atomic E-state index is -0.891. The summed E-state index contributed by atoms with van der Waals surface area (Å²) in [6.45, 7) is 12.0. The summed E-state index contributed by atoms with van der Waals surface area (Å²) >= 11 is 14.1. The van der Waals surface area contributed by atoms with E-state index in [0.29, 0.717) is 17.7 Å². The van der Waals surface area contributed by atoms with Gasteiger partial charge >= 0.3 is 0 Å². The number of aliphatic hydroxyl groups excluding tert-OH is 1. The highest BCUT2D eigenvalue weighted by Crippen LogP contribution is 2.37. The number of aliphatic hydroxyl groups is 1. The number of carbonyl (C=O) groups is 3. The van der Waals surface area contributed by atoms with Crippen LogP contribution in [0.25, 0.3) is 21.6 Å². The minimum Gasteiger partial charge on any atom is -0.482 e. The van der Waals surface area contributed by atoms with Gasteiger partial charge in [0.2, 0.25) is 17.7 Å². The number of likely N-dealkylation sites (tertiary alicyclic amines) is 2. The first-order chi connectivity index (χ1) is 31.0. The van der Waals surface area contributed by atoms with Crippen LogP contribution in [0.3, 0.4) is 0 Å². The van der Waals surface area contributed by atoms with Crippen molar-refractivity contribution in [2.24, 2.45) is 5.41 Å². The van der Waals surface area contributed by atoms with Crippen LogP contribution in [-0.2, 0) is 20.9 Å². The van der Waals surface area contributed by atoms with Gasteiger partial charge in [0.25, 0.3) is 0 Å². The van der Waals surface area contributed by atoms with E-state index in [4.69, 9.17) is 33.7 Å². The Hall–Kier alpha value is -5.13. The van der Waals surface area contributed by atoms with Crippen molar-refractivity contribution in [2.75, 3.05) is 31.9 Å². The molecule has 14 nitrogen and oxygen atoms in total. The number of carbonyl (C=O) groups excluding carboxylic acids is 3. The number of piperidine rings is 1. The van der Waals surface area contributed by atoms with Crippen LogP contribution >= 0.6 is 34.5 Å². The van der Waals surface area contributed by atoms with Crippen molar-refractivity contribution in [1.82, 2.24) is 40.2 Å². The van der Waals surface area contributed by atoms with Gasteiger partial charge in [-0.1, -0.05) is 68.2 Å². The average Bonchev–Trinajstić information content (AvgIpc) is 4.04. The first kappa shape index (κ1) is 47.8. The summed E-state index contributed by atoms with van der Waals surface area (Å²) in [6, 6.07) is 10.7. The number of anilines is 1. The van der Waals surface area contributed by atoms with Gasteiger partial charge in [-0.15, -0.1) is 11.3 Å². The Morgan fingerprint density at radius 2 is 1.78 bits per heavy atom. The molecule has 0 aliphatic carbocycles. The Kier molecular flexibility index (Phi) is 15.1. The van der Waals surface area contributed by atoms with Crippen molar-refractivity contribution >= 4 is 58.1 Å². The Morgan fingerprint density at radius 3 is 2.48 bits per heavy atom. The second kappa shape index (κ2) is 20.6. The number of thiazole rings is 1. The molecule has 5 heterocycles. The number of nitrogens with two attached hydrogens (primary N) is 1. The van der Waals surface area contributed by atoms with E-state index in [1.807, 2.05) is 68.3 Å². The van der Waals surface area contributed by atoms with Crippen LogP contribution < -0.4 is 21.1 Å². The van der Waals surface area contributed by atoms with Gasteiger partial charge in [-0.25, -0.2) is 14.4 Å². The Morgan fingerprint density at radius 1 is 1.05 bits per heavy atom. The van der Waals surface area contributed by atoms with Gasteiger partial charge in [0.05, 0.1) is 39.4 Å². The van der Waals surface area contributed by atoms with E-state index in [2.05, 4.69) is 30.6 Å². The van der Waals surface area contributed by atoms with Gasteiger partial charge in [-0.05, 0) is 74.4 Å². The van der Waals surface area contributed by atoms with Crippen molar-refractivity contribution in [1.29, 1.82) is 0 Å². The molecule has 5 aromatic rings. The van der Waals surface area contributed by atoms with Crippen molar-refractivity contribution in [3.05, 3.63) is 99.2 Å². The number of benzene rings is 2. The average molecular weight is 949 g/mol. The topological polar surface area (TPSA) is 181 Å². The van der Waals surface area contributed by atoms with E-state index in [1.54, 1.807) is 36.7 Å². The Bertz CT molecular complexity index is 2490. The summed E-state index contributed by atoms with van der Waals surface area (Å²) in [6.07, 6.45) is 6.53. The first-order valence-electron chi connectivity index (χ1n) is 21.8. The number of β-amino-alcohol motifs (C(OH)–C–C–N with tert-alkyl or cyclic N) is 1. The number of halogens is 3. The molecule has 346 valence electrons. The van der Waals surface area contributed by atoms with Gasteiger partial charge in [0.1, 0.15) is 24.0 Å². The van der Waals surface area contributed by atoms with Gasteiger partial charge in [0, 0.05) is 73.1 Å². The molecule has 0 saturated carbocycles. The maximum absolute atomic E-state index is 14.2. The SMILES string of the molecule is Cc1ncsc1-c1ccc(CNC(=O)[C@@H]2C[C@@H](O)CN2C(=O)[C@@H](NC(=O)CCCN2CCC(n3cc(-c4cnc(N)c(O[C@H](C)c5c(Cl)ccc(F)c5Cl)c4)cn3)CC2)C(C)(C)C)cc1. The fraction of sp³-hybridized carbons (Fsp3) is 0.447. The number of aromatic nitrogens is 4. The molecule has 3 amide bonds. The van der Waals surface area contributed by atoms with Gasteiger partial charge in [-0.2, -0.15) is 5.10 Å². The number of nitrogens with one attached hydrogen (secondary N) is 2. The van der Waals surface area contributed by atoms with Crippen LogP contribution in [0, 0.1) is 18.2 Å². The Labute approximate surface area is 392 Å². The lowest BCUT2D eigenvalue weighted by atomic mass is 9.85. The molecule has 2 aromatic carbocycles. The smallest absolute Gasteiger partial charge is 0.246 e. The van der Waals surface area contributed by atoms with Crippen LogP contribution in [-0.4, -0.2) is 96.7 Å². The molecule has 18 heteroatoms. The van der Waals surface area contributed by atoms with E-state index in [0.717, 1.165) is 65.3 Å². The number of aryl methyl sites for hydroxylation is 1. The normalized spacial score (nSPS) is 18.1. The molecule has 0 radical (unpaired) electrons. The van der Waals surface area contributed by atoms with E-state index in [-0.39, 0.29) is 65.6 Å². The number of hydrogen-bond donors (Lipinski definition) is 4. The molecule has 0 spiro atoms. The first-order valence-corrected chi connectivity index (χ1v) is 23.5. The van der Waals surface area contributed by atoms with Crippen LogP contribution in [0.2, 0.25) is 10.0 Å². The lowest BCUT2D eigenvalue weighted by Gasteiger charge is -2.35. The monoisotopic (exact) mass is 947 g/mol. The second-order valence-corrected chi connectivity index (χ2v) is 19.6. The molecule has 0 unspecified atom stereocenters. The van der Waals surface area contributed by atoms with Crippen molar-refractivity contribution < 1.29 is 28.6 Å². The highest BCUT2D eigenvalue weighted by atomic mass is 35.5. The number of pyridine rings is 1. The molecule has 65 heavy (non-hydrogen) atoms. The number of rotatable bonds is 15. The maximum Gasteiger partial charge on any atom is 0.246 e. The minimum absolute atomic E-state index is 0.0112. The molecule has 0 bridgehead atoms. The van der Waals surface area contributed by atoms with Crippen LogP contribution in [0.15, 0.2) is 66.6 Å². The summed E-state index contributed by atoms with van der Waals surface area (Å²) in [7, 11) is 0. The molecule has 5 N–H and O–H groups in total. The van der Waals surface area contributed by atoms with Gasteiger partial charge in [-0.3, -0.25) is 19.1 Å². The van der Waals surface area contributed by atoms with Crippen LogP contribution in [0.5, 0.6) is 5.75 Å². The summed E-state index contributed by atoms with van der Waals surface area (Å²) in [4.78, 5) is 54.5. The fourth-order valence-corrected chi connectivity index (χ4v) is 9.93. The second-order valence-electron chi connectivity index (χ2n) is 18.0. The number of hydrogen-bond acceptors (Lipinski definition) is 11. The molecule has 2 aliphatic rings. The predicted octanol–water partition coefficient (Wildman–Crippen LogP) is 7.77. The fourth-order valence-electron chi connectivity index (χ4n) is 8.44. The zero-order valence-corrected chi connectivity index (χ0v) is 39.5. The molecule has 3 aromatic heterocycles. The number of amides is 3. The van der Waals surface area contributed by atoms with Crippen LogP contribution in [0.1, 0.15) is 88.8 Å². The van der Waals surface area contributed by atoms with Crippen molar-refractivity contribution in [3.63, 3.8) is 0 Å². The molecule has 2 saturated heterocycles. The largest absolute Gasteiger partial charge is 0.482 e. The highest BCUT2D eigenvalue weighted by molar-refractivity contribution is 7.13. The third-order valence-electron chi connectivity index (χ3n) is 12.1.